The Bertz CT molecular complexity index is 199. The van der Waals surface area contributed by atoms with Gasteiger partial charge in [-0.25, -0.2) is 9.59 Å². The number of hydrogen-bond acceptors (Lipinski definition) is 4. The highest BCUT2D eigenvalue weighted by atomic mass is 16.5. The van der Waals surface area contributed by atoms with Gasteiger partial charge < -0.3 is 20.7 Å². The van der Waals surface area contributed by atoms with Gasteiger partial charge in [-0.15, -0.1) is 0 Å². The molecule has 0 bridgehead atoms. The second kappa shape index (κ2) is 7.19. The Labute approximate surface area is 88.0 Å². The van der Waals surface area contributed by atoms with Crippen molar-refractivity contribution in [3.05, 3.63) is 0 Å². The Balaban J connectivity index is 0.000000288. The molecule has 1 fully saturated rings. The van der Waals surface area contributed by atoms with Crippen LogP contribution in [0.4, 0.5) is 0 Å². The molecule has 0 aromatic rings. The van der Waals surface area contributed by atoms with E-state index in [9.17, 15) is 0 Å². The Kier molecular flexibility index (Phi) is 6.64. The highest BCUT2D eigenvalue weighted by molar-refractivity contribution is 6.27. The van der Waals surface area contributed by atoms with Gasteiger partial charge in [0, 0.05) is 19.3 Å². The first-order valence-corrected chi connectivity index (χ1v) is 4.74. The number of rotatable bonds is 1. The van der Waals surface area contributed by atoms with Crippen LogP contribution < -0.4 is 5.73 Å². The molecule has 1 aliphatic heterocycles. The standard InChI is InChI=1S/C7H15NO.C2H2O4/c1-6(8)7-2-4-9-5-3-7;3-1(4)2(5)6/h6-7H,2-5,8H2,1H3;(H,3,4)(H,5,6)/t6-;/m1./s1. The van der Waals surface area contributed by atoms with E-state index in [2.05, 4.69) is 6.92 Å². The van der Waals surface area contributed by atoms with Gasteiger partial charge in [0.15, 0.2) is 0 Å². The third kappa shape index (κ3) is 6.87. The maximum absolute atomic E-state index is 9.10. The highest BCUT2D eigenvalue weighted by Crippen LogP contribution is 2.16. The number of nitrogens with two attached hydrogens (primary N) is 1. The quantitative estimate of drug-likeness (QED) is 0.532. The maximum atomic E-state index is 9.10. The van der Waals surface area contributed by atoms with E-state index in [1.54, 1.807) is 0 Å². The summed E-state index contributed by atoms with van der Waals surface area (Å²) in [5.41, 5.74) is 5.71. The van der Waals surface area contributed by atoms with E-state index in [0.717, 1.165) is 26.1 Å². The molecule has 0 unspecified atom stereocenters. The van der Waals surface area contributed by atoms with E-state index in [4.69, 9.17) is 30.3 Å². The van der Waals surface area contributed by atoms with E-state index in [1.165, 1.54) is 0 Å². The summed E-state index contributed by atoms with van der Waals surface area (Å²) in [5.74, 6) is -2.94. The van der Waals surface area contributed by atoms with Crippen molar-refractivity contribution in [1.29, 1.82) is 0 Å². The predicted octanol–water partition coefficient (Wildman–Crippen LogP) is -0.0842. The molecule has 6 nitrogen and oxygen atoms in total. The zero-order valence-corrected chi connectivity index (χ0v) is 8.68. The predicted molar refractivity (Wildman–Crippen MR) is 52.5 cm³/mol. The normalized spacial score (nSPS) is 18.5. The van der Waals surface area contributed by atoms with Gasteiger partial charge >= 0.3 is 11.9 Å². The molecule has 0 aliphatic carbocycles. The molecule has 0 amide bonds. The zero-order chi connectivity index (χ0) is 11.8. The minimum absolute atomic E-state index is 0.355. The van der Waals surface area contributed by atoms with Crippen LogP contribution in [0.1, 0.15) is 19.8 Å². The minimum atomic E-state index is -1.82. The molecule has 1 atom stereocenters. The number of ether oxygens (including phenoxy) is 1. The molecule has 4 N–H and O–H groups in total. The fraction of sp³-hybridized carbons (Fsp3) is 0.778. The lowest BCUT2D eigenvalue weighted by atomic mass is 9.94. The molecule has 0 aromatic carbocycles. The summed E-state index contributed by atoms with van der Waals surface area (Å²) in [5, 5.41) is 14.8. The van der Waals surface area contributed by atoms with Gasteiger partial charge in [0.1, 0.15) is 0 Å². The van der Waals surface area contributed by atoms with Crippen molar-refractivity contribution in [2.75, 3.05) is 13.2 Å². The largest absolute Gasteiger partial charge is 0.473 e. The fourth-order valence-electron chi connectivity index (χ4n) is 1.24. The third-order valence-electron chi connectivity index (χ3n) is 2.19. The van der Waals surface area contributed by atoms with E-state index < -0.39 is 11.9 Å². The van der Waals surface area contributed by atoms with Crippen molar-refractivity contribution in [2.45, 2.75) is 25.8 Å². The van der Waals surface area contributed by atoms with Crippen LogP contribution in [0.3, 0.4) is 0 Å². The molecule has 1 rings (SSSR count). The lowest BCUT2D eigenvalue weighted by molar-refractivity contribution is -0.159. The fourth-order valence-corrected chi connectivity index (χ4v) is 1.24. The molecule has 0 spiro atoms. The van der Waals surface area contributed by atoms with Crippen LogP contribution in [0.25, 0.3) is 0 Å². The first-order valence-electron chi connectivity index (χ1n) is 4.74. The van der Waals surface area contributed by atoms with Crippen LogP contribution in [-0.2, 0) is 14.3 Å². The average molecular weight is 219 g/mol. The summed E-state index contributed by atoms with van der Waals surface area (Å²) in [6, 6.07) is 0.355. The van der Waals surface area contributed by atoms with Crippen molar-refractivity contribution in [3.63, 3.8) is 0 Å². The van der Waals surface area contributed by atoms with Gasteiger partial charge in [-0.05, 0) is 25.7 Å². The smallest absolute Gasteiger partial charge is 0.414 e. The summed E-state index contributed by atoms with van der Waals surface area (Å²) in [4.78, 5) is 18.2. The summed E-state index contributed by atoms with van der Waals surface area (Å²) < 4.78 is 5.19. The van der Waals surface area contributed by atoms with Gasteiger partial charge in [0.25, 0.3) is 0 Å². The molecule has 15 heavy (non-hydrogen) atoms. The van der Waals surface area contributed by atoms with Crippen molar-refractivity contribution in [3.8, 4) is 0 Å². The zero-order valence-electron chi connectivity index (χ0n) is 8.68. The van der Waals surface area contributed by atoms with Crippen molar-refractivity contribution in [1.82, 2.24) is 0 Å². The Morgan fingerprint density at radius 1 is 1.27 bits per heavy atom. The number of aliphatic carboxylic acids is 2. The van der Waals surface area contributed by atoms with E-state index >= 15 is 0 Å². The van der Waals surface area contributed by atoms with E-state index in [1.807, 2.05) is 0 Å². The number of hydrogen-bond donors (Lipinski definition) is 3. The summed E-state index contributed by atoms with van der Waals surface area (Å²) >= 11 is 0. The molecule has 88 valence electrons. The molecule has 1 heterocycles. The van der Waals surface area contributed by atoms with Crippen LogP contribution in [0.2, 0.25) is 0 Å². The first-order chi connectivity index (χ1) is 6.95. The molecule has 0 saturated carbocycles. The Morgan fingerprint density at radius 2 is 1.67 bits per heavy atom. The van der Waals surface area contributed by atoms with Gasteiger partial charge in [-0.2, -0.15) is 0 Å². The molecular weight excluding hydrogens is 202 g/mol. The van der Waals surface area contributed by atoms with Crippen LogP contribution in [0.5, 0.6) is 0 Å². The lowest BCUT2D eigenvalue weighted by Gasteiger charge is -2.24. The summed E-state index contributed by atoms with van der Waals surface area (Å²) in [6.07, 6.45) is 2.30. The maximum Gasteiger partial charge on any atom is 0.414 e. The topological polar surface area (TPSA) is 110 Å². The molecule has 1 saturated heterocycles. The van der Waals surface area contributed by atoms with Crippen molar-refractivity contribution < 1.29 is 24.5 Å². The highest BCUT2D eigenvalue weighted by Gasteiger charge is 2.16. The van der Waals surface area contributed by atoms with E-state index in [-0.39, 0.29) is 0 Å². The van der Waals surface area contributed by atoms with Crippen LogP contribution in [-0.4, -0.2) is 41.4 Å². The monoisotopic (exact) mass is 219 g/mol. The van der Waals surface area contributed by atoms with Crippen molar-refractivity contribution >= 4 is 11.9 Å². The molecular formula is C9H17NO5. The number of carboxylic acid groups (broad SMARTS) is 2. The van der Waals surface area contributed by atoms with Gasteiger partial charge in [0.2, 0.25) is 0 Å². The molecule has 0 aromatic heterocycles. The van der Waals surface area contributed by atoms with Crippen LogP contribution in [0.15, 0.2) is 0 Å². The van der Waals surface area contributed by atoms with E-state index in [0.29, 0.717) is 12.0 Å². The summed E-state index contributed by atoms with van der Waals surface area (Å²) in [7, 11) is 0. The third-order valence-corrected chi connectivity index (χ3v) is 2.19. The SMILES string of the molecule is C[C@@H](N)C1CCOCC1.O=C(O)C(=O)O. The van der Waals surface area contributed by atoms with Gasteiger partial charge in [-0.1, -0.05) is 0 Å². The Morgan fingerprint density at radius 3 is 1.87 bits per heavy atom. The van der Waals surface area contributed by atoms with Gasteiger partial charge in [-0.3, -0.25) is 0 Å². The molecule has 0 radical (unpaired) electrons. The second-order valence-electron chi connectivity index (χ2n) is 3.42. The average Bonchev–Trinajstić information content (AvgIpc) is 2.20. The van der Waals surface area contributed by atoms with Crippen molar-refractivity contribution in [2.24, 2.45) is 11.7 Å². The summed E-state index contributed by atoms with van der Waals surface area (Å²) in [6.45, 7) is 3.90. The minimum Gasteiger partial charge on any atom is -0.473 e. The molecule has 6 heteroatoms. The number of carbonyl (C=O) groups is 2. The Hall–Kier alpha value is -1.14. The molecule has 1 aliphatic rings. The van der Waals surface area contributed by atoms with Crippen LogP contribution in [0, 0.1) is 5.92 Å². The van der Waals surface area contributed by atoms with Gasteiger partial charge in [0.05, 0.1) is 0 Å². The lowest BCUT2D eigenvalue weighted by Crippen LogP contribution is -2.31. The number of carboxylic acids is 2. The second-order valence-corrected chi connectivity index (χ2v) is 3.42. The van der Waals surface area contributed by atoms with Crippen LogP contribution >= 0.6 is 0 Å². The first kappa shape index (κ1) is 13.9.